The van der Waals surface area contributed by atoms with Crippen LogP contribution in [0.3, 0.4) is 0 Å². The molecule has 1 unspecified atom stereocenters. The van der Waals surface area contributed by atoms with Crippen LogP contribution in [0.15, 0.2) is 18.2 Å². The van der Waals surface area contributed by atoms with Crippen LogP contribution in [-0.4, -0.2) is 42.2 Å². The quantitative estimate of drug-likeness (QED) is 0.906. The first-order chi connectivity index (χ1) is 9.40. The first-order valence-electron chi connectivity index (χ1n) is 6.44. The molecule has 0 aromatic heterocycles. The molecule has 20 heavy (non-hydrogen) atoms. The van der Waals surface area contributed by atoms with E-state index >= 15 is 0 Å². The summed E-state index contributed by atoms with van der Waals surface area (Å²) in [7, 11) is 0. The minimum absolute atomic E-state index is 0.454. The van der Waals surface area contributed by atoms with Crippen molar-refractivity contribution in [2.24, 2.45) is 5.41 Å². The zero-order valence-electron chi connectivity index (χ0n) is 11.2. The van der Waals surface area contributed by atoms with Crippen molar-refractivity contribution in [2.45, 2.75) is 13.3 Å². The number of carboxylic acid groups (broad SMARTS) is 1. The number of carbonyl (C=O) groups is 1. The minimum atomic E-state index is -0.737. The van der Waals surface area contributed by atoms with E-state index in [4.69, 9.17) is 27.9 Å². The summed E-state index contributed by atoms with van der Waals surface area (Å²) in [6.45, 7) is 4.23. The lowest BCUT2D eigenvalue weighted by Gasteiger charge is -2.20. The van der Waals surface area contributed by atoms with Gasteiger partial charge < -0.3 is 9.84 Å². The molecule has 1 heterocycles. The molecule has 0 bridgehead atoms. The van der Waals surface area contributed by atoms with Crippen molar-refractivity contribution in [3.63, 3.8) is 0 Å². The second-order valence-electron chi connectivity index (χ2n) is 5.32. The van der Waals surface area contributed by atoms with Crippen LogP contribution in [0.4, 0.5) is 0 Å². The molecule has 1 aliphatic rings. The van der Waals surface area contributed by atoms with E-state index in [2.05, 4.69) is 4.90 Å². The summed E-state index contributed by atoms with van der Waals surface area (Å²) in [6, 6.07) is 5.07. The average Bonchev–Trinajstić information content (AvgIpc) is 2.77. The summed E-state index contributed by atoms with van der Waals surface area (Å²) in [4.78, 5) is 13.2. The fourth-order valence-electron chi connectivity index (χ4n) is 2.29. The molecule has 4 nitrogen and oxygen atoms in total. The Labute approximate surface area is 128 Å². The third-order valence-electron chi connectivity index (χ3n) is 3.63. The van der Waals surface area contributed by atoms with Gasteiger partial charge in [0.05, 0.1) is 10.4 Å². The standard InChI is InChI=1S/C14H17Cl2NO3/c1-14(13(18)19)4-5-17(9-14)6-7-20-12-8-10(15)2-3-11(12)16/h2-3,8H,4-7,9H2,1H3,(H,18,19). The van der Waals surface area contributed by atoms with Gasteiger partial charge in [0.25, 0.3) is 0 Å². The molecule has 2 rings (SSSR count). The molecule has 1 fully saturated rings. The molecule has 1 aliphatic heterocycles. The fourth-order valence-corrected chi connectivity index (χ4v) is 2.63. The molecular formula is C14H17Cl2NO3. The number of rotatable bonds is 5. The summed E-state index contributed by atoms with van der Waals surface area (Å²) in [5.41, 5.74) is -0.645. The molecule has 1 atom stereocenters. The molecule has 0 radical (unpaired) electrons. The monoisotopic (exact) mass is 317 g/mol. The van der Waals surface area contributed by atoms with Gasteiger partial charge >= 0.3 is 5.97 Å². The van der Waals surface area contributed by atoms with Gasteiger partial charge in [-0.15, -0.1) is 0 Å². The van der Waals surface area contributed by atoms with Crippen molar-refractivity contribution in [1.82, 2.24) is 4.90 Å². The van der Waals surface area contributed by atoms with E-state index in [9.17, 15) is 9.90 Å². The van der Waals surface area contributed by atoms with Crippen LogP contribution in [0.2, 0.25) is 10.0 Å². The van der Waals surface area contributed by atoms with Gasteiger partial charge in [-0.05, 0) is 32.0 Å². The third kappa shape index (κ3) is 3.57. The SMILES string of the molecule is CC1(C(=O)O)CCN(CCOc2cc(Cl)ccc2Cl)C1. The zero-order valence-corrected chi connectivity index (χ0v) is 12.7. The molecule has 0 aliphatic carbocycles. The highest BCUT2D eigenvalue weighted by molar-refractivity contribution is 6.34. The van der Waals surface area contributed by atoms with Crippen molar-refractivity contribution < 1.29 is 14.6 Å². The highest BCUT2D eigenvalue weighted by Crippen LogP contribution is 2.30. The summed E-state index contributed by atoms with van der Waals surface area (Å²) >= 11 is 11.9. The number of hydrogen-bond acceptors (Lipinski definition) is 3. The Hall–Kier alpha value is -0.970. The smallest absolute Gasteiger partial charge is 0.310 e. The number of carboxylic acids is 1. The maximum atomic E-state index is 11.2. The summed E-state index contributed by atoms with van der Waals surface area (Å²) in [5, 5.41) is 10.3. The molecule has 0 spiro atoms. The molecular weight excluding hydrogens is 301 g/mol. The topological polar surface area (TPSA) is 49.8 Å². The summed E-state index contributed by atoms with van der Waals surface area (Å²) in [6.07, 6.45) is 0.667. The van der Waals surface area contributed by atoms with E-state index in [1.807, 2.05) is 0 Å². The van der Waals surface area contributed by atoms with Crippen LogP contribution < -0.4 is 4.74 Å². The van der Waals surface area contributed by atoms with Gasteiger partial charge in [-0.2, -0.15) is 0 Å². The van der Waals surface area contributed by atoms with E-state index in [0.29, 0.717) is 41.9 Å². The molecule has 1 saturated heterocycles. The van der Waals surface area contributed by atoms with Crippen LogP contribution in [-0.2, 0) is 4.79 Å². The van der Waals surface area contributed by atoms with E-state index in [0.717, 1.165) is 6.54 Å². The molecule has 0 amide bonds. The minimum Gasteiger partial charge on any atom is -0.491 e. The van der Waals surface area contributed by atoms with E-state index in [1.54, 1.807) is 25.1 Å². The largest absolute Gasteiger partial charge is 0.491 e. The Kier molecular flexibility index (Phi) is 4.78. The van der Waals surface area contributed by atoms with Crippen LogP contribution in [0.1, 0.15) is 13.3 Å². The lowest BCUT2D eigenvalue weighted by Crippen LogP contribution is -2.33. The van der Waals surface area contributed by atoms with Crippen LogP contribution in [0.5, 0.6) is 5.75 Å². The highest BCUT2D eigenvalue weighted by atomic mass is 35.5. The van der Waals surface area contributed by atoms with E-state index in [-0.39, 0.29) is 0 Å². The second kappa shape index (κ2) is 6.20. The van der Waals surface area contributed by atoms with Gasteiger partial charge in [0.2, 0.25) is 0 Å². The van der Waals surface area contributed by atoms with Gasteiger partial charge in [-0.3, -0.25) is 9.69 Å². The lowest BCUT2D eigenvalue weighted by atomic mass is 9.90. The lowest BCUT2D eigenvalue weighted by molar-refractivity contribution is -0.147. The highest BCUT2D eigenvalue weighted by Gasteiger charge is 2.40. The van der Waals surface area contributed by atoms with Crippen LogP contribution in [0, 0.1) is 5.41 Å². The van der Waals surface area contributed by atoms with Gasteiger partial charge in [-0.25, -0.2) is 0 Å². The van der Waals surface area contributed by atoms with Crippen LogP contribution in [0.25, 0.3) is 0 Å². The van der Waals surface area contributed by atoms with Crippen molar-refractivity contribution in [3.8, 4) is 5.75 Å². The number of hydrogen-bond donors (Lipinski definition) is 1. The zero-order chi connectivity index (χ0) is 14.8. The Morgan fingerprint density at radius 3 is 2.90 bits per heavy atom. The summed E-state index contributed by atoms with van der Waals surface area (Å²) in [5.74, 6) is -0.182. The molecule has 0 saturated carbocycles. The number of benzene rings is 1. The van der Waals surface area contributed by atoms with Gasteiger partial charge in [-0.1, -0.05) is 23.2 Å². The van der Waals surface area contributed by atoms with Crippen molar-refractivity contribution in [3.05, 3.63) is 28.2 Å². The van der Waals surface area contributed by atoms with Gasteiger partial charge in [0.1, 0.15) is 12.4 Å². The van der Waals surface area contributed by atoms with Crippen molar-refractivity contribution in [1.29, 1.82) is 0 Å². The Bertz CT molecular complexity index is 509. The molecule has 110 valence electrons. The van der Waals surface area contributed by atoms with Gasteiger partial charge in [0, 0.05) is 24.2 Å². The summed E-state index contributed by atoms with van der Waals surface area (Å²) < 4.78 is 5.60. The number of likely N-dealkylation sites (tertiary alicyclic amines) is 1. The Morgan fingerprint density at radius 1 is 1.50 bits per heavy atom. The van der Waals surface area contributed by atoms with Gasteiger partial charge in [0.15, 0.2) is 0 Å². The fraction of sp³-hybridized carbons (Fsp3) is 0.500. The van der Waals surface area contributed by atoms with Crippen molar-refractivity contribution in [2.75, 3.05) is 26.2 Å². The molecule has 1 aromatic rings. The first-order valence-corrected chi connectivity index (χ1v) is 7.20. The van der Waals surface area contributed by atoms with E-state index in [1.165, 1.54) is 0 Å². The predicted octanol–water partition coefficient (Wildman–Crippen LogP) is 3.17. The predicted molar refractivity (Wildman–Crippen MR) is 78.8 cm³/mol. The third-order valence-corrected chi connectivity index (χ3v) is 4.17. The Balaban J connectivity index is 1.83. The average molecular weight is 318 g/mol. The second-order valence-corrected chi connectivity index (χ2v) is 6.16. The van der Waals surface area contributed by atoms with E-state index < -0.39 is 11.4 Å². The molecule has 1 N–H and O–H groups in total. The maximum absolute atomic E-state index is 11.2. The Morgan fingerprint density at radius 2 is 2.25 bits per heavy atom. The molecule has 1 aromatic carbocycles. The number of aliphatic carboxylic acids is 1. The maximum Gasteiger partial charge on any atom is 0.310 e. The number of halogens is 2. The van der Waals surface area contributed by atoms with Crippen LogP contribution >= 0.6 is 23.2 Å². The normalized spacial score (nSPS) is 22.9. The number of nitrogens with zero attached hydrogens (tertiary/aromatic N) is 1. The molecule has 6 heteroatoms. The number of ether oxygens (including phenoxy) is 1. The first kappa shape index (κ1) is 15.4. The van der Waals surface area contributed by atoms with Crippen molar-refractivity contribution >= 4 is 29.2 Å².